The molecule has 1 aromatic rings. The maximum Gasteiger partial charge on any atom is 0.360 e. The van der Waals surface area contributed by atoms with Gasteiger partial charge in [-0.3, -0.25) is 4.79 Å². The van der Waals surface area contributed by atoms with Crippen LogP contribution in [0.2, 0.25) is 0 Å². The summed E-state index contributed by atoms with van der Waals surface area (Å²) in [6.07, 6.45) is 1.96. The highest BCUT2D eigenvalue weighted by Crippen LogP contribution is 2.42. The summed E-state index contributed by atoms with van der Waals surface area (Å²) >= 11 is 0. The number of hydrogen-bond acceptors (Lipinski definition) is 6. The largest absolute Gasteiger partial charge is 0.464 e. The molecule has 0 spiro atoms. The van der Waals surface area contributed by atoms with Crippen LogP contribution in [0.25, 0.3) is 0 Å². The van der Waals surface area contributed by atoms with Gasteiger partial charge < -0.3 is 13.9 Å². The predicted octanol–water partition coefficient (Wildman–Crippen LogP) is 1.40. The number of nitrogens with zero attached hydrogens (tertiary/aromatic N) is 1. The number of carbonyl (C=O) groups is 2. The third-order valence-corrected chi connectivity index (χ3v) is 2.42. The molecule has 0 amide bonds. The van der Waals surface area contributed by atoms with Gasteiger partial charge in [-0.05, 0) is 12.8 Å². The van der Waals surface area contributed by atoms with E-state index < -0.39 is 11.9 Å². The second kappa shape index (κ2) is 4.57. The Morgan fingerprint density at radius 2 is 2.18 bits per heavy atom. The Balaban J connectivity index is 2.18. The van der Waals surface area contributed by atoms with Gasteiger partial charge in [-0.1, -0.05) is 0 Å². The molecular formula is C11H13NO5. The Morgan fingerprint density at radius 1 is 1.47 bits per heavy atom. The zero-order valence-corrected chi connectivity index (χ0v) is 9.69. The van der Waals surface area contributed by atoms with Gasteiger partial charge in [0.1, 0.15) is 5.76 Å². The summed E-state index contributed by atoms with van der Waals surface area (Å²) in [4.78, 5) is 26.1. The first-order valence-corrected chi connectivity index (χ1v) is 5.33. The first kappa shape index (κ1) is 11.6. The van der Waals surface area contributed by atoms with Crippen molar-refractivity contribution in [3.8, 4) is 0 Å². The quantitative estimate of drug-likeness (QED) is 0.739. The summed E-state index contributed by atoms with van der Waals surface area (Å²) in [7, 11) is 1.29. The average Bonchev–Trinajstić information content (AvgIpc) is 3.06. The van der Waals surface area contributed by atoms with Crippen molar-refractivity contribution in [3.63, 3.8) is 0 Å². The van der Waals surface area contributed by atoms with Gasteiger partial charge in [0.15, 0.2) is 12.3 Å². The lowest BCUT2D eigenvalue weighted by Gasteiger charge is -1.95. The fourth-order valence-electron chi connectivity index (χ4n) is 1.47. The Kier molecular flexibility index (Phi) is 3.12. The monoisotopic (exact) mass is 239 g/mol. The number of hydrogen-bond donors (Lipinski definition) is 0. The van der Waals surface area contributed by atoms with E-state index in [1.54, 1.807) is 0 Å². The third-order valence-electron chi connectivity index (χ3n) is 2.42. The lowest BCUT2D eigenvalue weighted by Crippen LogP contribution is -2.05. The van der Waals surface area contributed by atoms with Gasteiger partial charge in [0, 0.05) is 12.8 Å². The van der Waals surface area contributed by atoms with Crippen LogP contribution in [0.4, 0.5) is 0 Å². The minimum absolute atomic E-state index is 0.0634. The summed E-state index contributed by atoms with van der Waals surface area (Å²) in [5, 5.41) is 0. The Hall–Kier alpha value is -1.85. The molecule has 6 nitrogen and oxygen atoms in total. The topological polar surface area (TPSA) is 78.6 Å². The van der Waals surface area contributed by atoms with Crippen LogP contribution in [-0.4, -0.2) is 24.0 Å². The van der Waals surface area contributed by atoms with E-state index in [9.17, 15) is 9.59 Å². The van der Waals surface area contributed by atoms with E-state index in [0.717, 1.165) is 12.8 Å². The molecule has 1 saturated carbocycles. The molecule has 1 aliphatic carbocycles. The van der Waals surface area contributed by atoms with E-state index in [-0.39, 0.29) is 24.1 Å². The first-order valence-electron chi connectivity index (χ1n) is 5.33. The number of oxazole rings is 1. The normalized spacial score (nSPS) is 14.5. The molecule has 0 atom stereocenters. The van der Waals surface area contributed by atoms with Crippen molar-refractivity contribution in [1.82, 2.24) is 4.98 Å². The molecule has 6 heteroatoms. The standard InChI is InChI=1S/C11H13NO5/c1-6(13)16-5-8-12-9(11(14)15-2)10(17-8)7-3-4-7/h7H,3-5H2,1-2H3. The number of rotatable bonds is 4. The molecule has 0 unspecified atom stereocenters. The second-order valence-electron chi connectivity index (χ2n) is 3.87. The van der Waals surface area contributed by atoms with E-state index in [0.29, 0.717) is 5.76 Å². The zero-order valence-electron chi connectivity index (χ0n) is 9.69. The molecule has 0 N–H and O–H groups in total. The number of aromatic nitrogens is 1. The highest BCUT2D eigenvalue weighted by molar-refractivity contribution is 5.88. The average molecular weight is 239 g/mol. The SMILES string of the molecule is COC(=O)c1nc(COC(C)=O)oc1C1CC1. The van der Waals surface area contributed by atoms with Crippen LogP contribution in [0, 0.1) is 0 Å². The molecule has 1 aromatic heterocycles. The van der Waals surface area contributed by atoms with Gasteiger partial charge in [0.05, 0.1) is 7.11 Å². The Morgan fingerprint density at radius 3 is 2.71 bits per heavy atom. The van der Waals surface area contributed by atoms with Crippen molar-refractivity contribution in [3.05, 3.63) is 17.3 Å². The number of ether oxygens (including phenoxy) is 2. The van der Waals surface area contributed by atoms with Crippen LogP contribution in [0.15, 0.2) is 4.42 Å². The van der Waals surface area contributed by atoms with Crippen LogP contribution >= 0.6 is 0 Å². The fourth-order valence-corrected chi connectivity index (χ4v) is 1.47. The van der Waals surface area contributed by atoms with Gasteiger partial charge in [-0.25, -0.2) is 9.78 Å². The molecule has 2 rings (SSSR count). The van der Waals surface area contributed by atoms with E-state index in [1.165, 1.54) is 14.0 Å². The molecule has 0 radical (unpaired) electrons. The molecular weight excluding hydrogens is 226 g/mol. The van der Waals surface area contributed by atoms with Crippen molar-refractivity contribution < 1.29 is 23.5 Å². The van der Waals surface area contributed by atoms with E-state index >= 15 is 0 Å². The minimum Gasteiger partial charge on any atom is -0.464 e. The minimum atomic E-state index is -0.523. The van der Waals surface area contributed by atoms with Crippen molar-refractivity contribution in [1.29, 1.82) is 0 Å². The van der Waals surface area contributed by atoms with Crippen molar-refractivity contribution in [2.45, 2.75) is 32.3 Å². The Labute approximate surface area is 97.9 Å². The van der Waals surface area contributed by atoms with Gasteiger partial charge >= 0.3 is 11.9 Å². The molecule has 0 aliphatic heterocycles. The summed E-state index contributed by atoms with van der Waals surface area (Å²) in [5.41, 5.74) is 0.192. The smallest absolute Gasteiger partial charge is 0.360 e. The summed E-state index contributed by atoms with van der Waals surface area (Å²) < 4.78 is 14.8. The molecule has 1 fully saturated rings. The predicted molar refractivity (Wildman–Crippen MR) is 55.3 cm³/mol. The molecule has 1 aliphatic rings. The van der Waals surface area contributed by atoms with Crippen LogP contribution in [-0.2, 0) is 20.9 Å². The molecule has 17 heavy (non-hydrogen) atoms. The highest BCUT2D eigenvalue weighted by Gasteiger charge is 2.34. The van der Waals surface area contributed by atoms with Gasteiger partial charge in [0.25, 0.3) is 0 Å². The van der Waals surface area contributed by atoms with Crippen LogP contribution in [0.3, 0.4) is 0 Å². The molecule has 92 valence electrons. The zero-order chi connectivity index (χ0) is 12.4. The summed E-state index contributed by atoms with van der Waals surface area (Å²) in [6.45, 7) is 1.23. The number of carbonyl (C=O) groups excluding carboxylic acids is 2. The first-order chi connectivity index (χ1) is 8.11. The fraction of sp³-hybridized carbons (Fsp3) is 0.545. The van der Waals surface area contributed by atoms with Crippen LogP contribution in [0.1, 0.15) is 47.8 Å². The maximum absolute atomic E-state index is 11.5. The van der Waals surface area contributed by atoms with E-state index in [4.69, 9.17) is 9.15 Å². The Bertz CT molecular complexity index is 447. The molecule has 0 bridgehead atoms. The highest BCUT2D eigenvalue weighted by atomic mass is 16.5. The van der Waals surface area contributed by atoms with E-state index in [2.05, 4.69) is 9.72 Å². The van der Waals surface area contributed by atoms with Crippen molar-refractivity contribution in [2.24, 2.45) is 0 Å². The lowest BCUT2D eigenvalue weighted by atomic mass is 10.2. The summed E-state index contributed by atoms with van der Waals surface area (Å²) in [5.74, 6) is 0.0599. The molecule has 0 saturated heterocycles. The third kappa shape index (κ3) is 2.64. The number of esters is 2. The van der Waals surface area contributed by atoms with Crippen molar-refractivity contribution in [2.75, 3.05) is 7.11 Å². The maximum atomic E-state index is 11.5. The summed E-state index contributed by atoms with van der Waals surface area (Å²) in [6, 6.07) is 0. The van der Waals surface area contributed by atoms with Gasteiger partial charge in [-0.2, -0.15) is 0 Å². The molecule has 1 heterocycles. The van der Waals surface area contributed by atoms with Crippen molar-refractivity contribution >= 4 is 11.9 Å². The second-order valence-corrected chi connectivity index (χ2v) is 3.87. The van der Waals surface area contributed by atoms with Gasteiger partial charge in [0.2, 0.25) is 5.89 Å². The van der Waals surface area contributed by atoms with Crippen LogP contribution < -0.4 is 0 Å². The van der Waals surface area contributed by atoms with Gasteiger partial charge in [-0.15, -0.1) is 0 Å². The molecule has 0 aromatic carbocycles. The lowest BCUT2D eigenvalue weighted by molar-refractivity contribution is -0.142. The number of methoxy groups -OCH3 is 1. The van der Waals surface area contributed by atoms with E-state index in [1.807, 2.05) is 0 Å². The van der Waals surface area contributed by atoms with Crippen LogP contribution in [0.5, 0.6) is 0 Å².